The summed E-state index contributed by atoms with van der Waals surface area (Å²) >= 11 is 0. The van der Waals surface area contributed by atoms with Crippen molar-refractivity contribution >= 4 is 11.9 Å². The number of rotatable bonds is 5. The van der Waals surface area contributed by atoms with E-state index in [9.17, 15) is 9.59 Å². The fourth-order valence-corrected chi connectivity index (χ4v) is 3.58. The lowest BCUT2D eigenvalue weighted by atomic mass is 10.0. The van der Waals surface area contributed by atoms with Crippen molar-refractivity contribution in [3.8, 4) is 17.0 Å². The Morgan fingerprint density at radius 2 is 1.90 bits per heavy atom. The molecule has 2 N–H and O–H groups in total. The fourth-order valence-electron chi connectivity index (χ4n) is 3.58. The van der Waals surface area contributed by atoms with E-state index in [4.69, 9.17) is 9.84 Å². The smallest absolute Gasteiger partial charge is 0.338 e. The molecule has 3 heterocycles. The van der Waals surface area contributed by atoms with E-state index in [0.29, 0.717) is 37.2 Å². The molecule has 9 heteroatoms. The van der Waals surface area contributed by atoms with Crippen LogP contribution < -0.4 is 4.74 Å². The number of aromatic carboxylic acids is 1. The third kappa shape index (κ3) is 3.71. The number of carboxylic acids is 1. The van der Waals surface area contributed by atoms with Gasteiger partial charge in [-0.15, -0.1) is 0 Å². The van der Waals surface area contributed by atoms with Crippen LogP contribution in [0.3, 0.4) is 0 Å². The Balaban J connectivity index is 1.45. The number of carbonyl (C=O) groups excluding carboxylic acids is 1. The van der Waals surface area contributed by atoms with Crippen LogP contribution in [0.15, 0.2) is 42.9 Å². The number of likely N-dealkylation sites (tertiary alicyclic amines) is 1. The Kier molecular flexibility index (Phi) is 5.03. The average molecular weight is 395 g/mol. The molecular formula is C20H21N5O4. The summed E-state index contributed by atoms with van der Waals surface area (Å²) in [5, 5.41) is 20.2. The summed E-state index contributed by atoms with van der Waals surface area (Å²) in [4.78, 5) is 25.9. The first-order valence-corrected chi connectivity index (χ1v) is 9.31. The van der Waals surface area contributed by atoms with Crippen LogP contribution in [0.2, 0.25) is 0 Å². The van der Waals surface area contributed by atoms with Gasteiger partial charge in [0.2, 0.25) is 0 Å². The summed E-state index contributed by atoms with van der Waals surface area (Å²) in [6.45, 7) is 1.14. The zero-order valence-electron chi connectivity index (χ0n) is 15.9. The average Bonchev–Trinajstić information content (AvgIpc) is 3.43. The maximum atomic E-state index is 13.1. The highest BCUT2D eigenvalue weighted by Gasteiger charge is 2.27. The molecule has 0 bridgehead atoms. The monoisotopic (exact) mass is 395 g/mol. The van der Waals surface area contributed by atoms with Gasteiger partial charge in [-0.3, -0.25) is 14.6 Å². The molecule has 1 aliphatic heterocycles. The van der Waals surface area contributed by atoms with Crippen molar-refractivity contribution in [3.63, 3.8) is 0 Å². The number of amides is 1. The van der Waals surface area contributed by atoms with Crippen LogP contribution in [0, 0.1) is 0 Å². The standard InChI is InChI=1S/C20H21N5O4/c1-29-16-4-2-13(3-5-16)18-17(11-21-23-18)19(26)24-8-6-15(7-9-24)25-12-14(10-22-25)20(27)28/h2-5,10-12,15H,6-9H2,1H3,(H,21,23)(H,27,28). The predicted octanol–water partition coefficient (Wildman–Crippen LogP) is 2.46. The van der Waals surface area contributed by atoms with Crippen LogP contribution in [0.25, 0.3) is 11.3 Å². The van der Waals surface area contributed by atoms with Crippen LogP contribution in [0.4, 0.5) is 0 Å². The molecular weight excluding hydrogens is 374 g/mol. The Bertz CT molecular complexity index is 1020. The minimum absolute atomic E-state index is 0.0743. The highest BCUT2D eigenvalue weighted by molar-refractivity contribution is 5.99. The van der Waals surface area contributed by atoms with Crippen molar-refractivity contribution in [1.82, 2.24) is 24.9 Å². The van der Waals surface area contributed by atoms with Crippen molar-refractivity contribution < 1.29 is 19.4 Å². The Labute approximate surface area is 166 Å². The summed E-state index contributed by atoms with van der Waals surface area (Å²) in [7, 11) is 1.61. The first kappa shape index (κ1) is 18.7. The van der Waals surface area contributed by atoms with Gasteiger partial charge in [-0.05, 0) is 37.1 Å². The van der Waals surface area contributed by atoms with E-state index in [1.54, 1.807) is 29.1 Å². The van der Waals surface area contributed by atoms with Crippen LogP contribution in [0.1, 0.15) is 39.6 Å². The number of H-pyrrole nitrogens is 1. The number of aromatic amines is 1. The molecule has 1 amide bonds. The topological polar surface area (TPSA) is 113 Å². The number of aromatic nitrogens is 4. The lowest BCUT2D eigenvalue weighted by Crippen LogP contribution is -2.39. The van der Waals surface area contributed by atoms with E-state index in [1.165, 1.54) is 6.20 Å². The second-order valence-corrected chi connectivity index (χ2v) is 6.92. The highest BCUT2D eigenvalue weighted by Crippen LogP contribution is 2.27. The van der Waals surface area contributed by atoms with Crippen LogP contribution in [0.5, 0.6) is 5.75 Å². The number of hydrogen-bond donors (Lipinski definition) is 2. The van der Waals surface area contributed by atoms with E-state index in [0.717, 1.165) is 11.3 Å². The zero-order chi connectivity index (χ0) is 20.4. The molecule has 0 saturated carbocycles. The summed E-state index contributed by atoms with van der Waals surface area (Å²) in [5.74, 6) is -0.322. The van der Waals surface area contributed by atoms with Gasteiger partial charge in [-0.25, -0.2) is 4.79 Å². The molecule has 9 nitrogen and oxygen atoms in total. The molecule has 0 atom stereocenters. The Morgan fingerprint density at radius 1 is 1.17 bits per heavy atom. The summed E-state index contributed by atoms with van der Waals surface area (Å²) in [6, 6.07) is 7.52. The quantitative estimate of drug-likeness (QED) is 0.686. The number of hydrogen-bond acceptors (Lipinski definition) is 5. The third-order valence-electron chi connectivity index (χ3n) is 5.22. The first-order valence-electron chi connectivity index (χ1n) is 9.31. The van der Waals surface area contributed by atoms with Gasteiger partial charge in [0.05, 0.1) is 42.4 Å². The highest BCUT2D eigenvalue weighted by atomic mass is 16.5. The second-order valence-electron chi connectivity index (χ2n) is 6.92. The van der Waals surface area contributed by atoms with Crippen LogP contribution in [-0.2, 0) is 0 Å². The molecule has 1 aliphatic rings. The van der Waals surface area contributed by atoms with Gasteiger partial charge < -0.3 is 14.7 Å². The molecule has 0 aliphatic carbocycles. The van der Waals surface area contributed by atoms with Crippen molar-refractivity contribution in [3.05, 3.63) is 54.0 Å². The van der Waals surface area contributed by atoms with Crippen molar-refractivity contribution in [1.29, 1.82) is 0 Å². The summed E-state index contributed by atoms with van der Waals surface area (Å²) in [6.07, 6.45) is 5.87. The molecule has 0 spiro atoms. The number of nitrogens with zero attached hydrogens (tertiary/aromatic N) is 4. The Morgan fingerprint density at radius 3 is 2.52 bits per heavy atom. The van der Waals surface area contributed by atoms with E-state index in [2.05, 4.69) is 15.3 Å². The lowest BCUT2D eigenvalue weighted by Gasteiger charge is -2.32. The summed E-state index contributed by atoms with van der Waals surface area (Å²) in [5.41, 5.74) is 2.24. The van der Waals surface area contributed by atoms with Gasteiger partial charge in [-0.1, -0.05) is 0 Å². The number of piperidine rings is 1. The van der Waals surface area contributed by atoms with E-state index < -0.39 is 5.97 Å². The number of ether oxygens (including phenoxy) is 1. The normalized spacial score (nSPS) is 14.7. The maximum absolute atomic E-state index is 13.1. The molecule has 3 aromatic rings. The van der Waals surface area contributed by atoms with Gasteiger partial charge in [0.15, 0.2) is 0 Å². The molecule has 0 radical (unpaired) electrons. The van der Waals surface area contributed by atoms with Crippen LogP contribution in [-0.4, -0.2) is 62.1 Å². The first-order chi connectivity index (χ1) is 14.1. The van der Waals surface area contributed by atoms with Crippen LogP contribution >= 0.6 is 0 Å². The number of nitrogens with one attached hydrogen (secondary N) is 1. The largest absolute Gasteiger partial charge is 0.497 e. The molecule has 4 rings (SSSR count). The summed E-state index contributed by atoms with van der Waals surface area (Å²) < 4.78 is 6.87. The minimum atomic E-state index is -0.991. The lowest BCUT2D eigenvalue weighted by molar-refractivity contribution is 0.0689. The number of carboxylic acid groups (broad SMARTS) is 1. The molecule has 1 aromatic carbocycles. The predicted molar refractivity (Wildman–Crippen MR) is 104 cm³/mol. The third-order valence-corrected chi connectivity index (χ3v) is 5.22. The number of methoxy groups -OCH3 is 1. The van der Waals surface area contributed by atoms with Gasteiger partial charge in [0.25, 0.3) is 5.91 Å². The molecule has 150 valence electrons. The SMILES string of the molecule is COc1ccc(-c2[nH]ncc2C(=O)N2CCC(n3cc(C(=O)O)cn3)CC2)cc1. The molecule has 1 fully saturated rings. The molecule has 0 unspecified atom stereocenters. The van der Waals surface area contributed by atoms with E-state index >= 15 is 0 Å². The number of benzene rings is 1. The Hall–Kier alpha value is -3.62. The molecule has 1 saturated heterocycles. The minimum Gasteiger partial charge on any atom is -0.497 e. The number of carbonyl (C=O) groups is 2. The fraction of sp³-hybridized carbons (Fsp3) is 0.300. The second kappa shape index (κ2) is 7.78. The van der Waals surface area contributed by atoms with Crippen molar-refractivity contribution in [2.75, 3.05) is 20.2 Å². The molecule has 2 aromatic heterocycles. The van der Waals surface area contributed by atoms with Gasteiger partial charge >= 0.3 is 5.97 Å². The van der Waals surface area contributed by atoms with Crippen molar-refractivity contribution in [2.24, 2.45) is 0 Å². The van der Waals surface area contributed by atoms with Gasteiger partial charge in [-0.2, -0.15) is 10.2 Å². The van der Waals surface area contributed by atoms with Crippen molar-refractivity contribution in [2.45, 2.75) is 18.9 Å². The zero-order valence-corrected chi connectivity index (χ0v) is 15.9. The van der Waals surface area contributed by atoms with Gasteiger partial charge in [0, 0.05) is 24.8 Å². The molecule has 29 heavy (non-hydrogen) atoms. The van der Waals surface area contributed by atoms with Gasteiger partial charge in [0.1, 0.15) is 5.75 Å². The maximum Gasteiger partial charge on any atom is 0.338 e. The van der Waals surface area contributed by atoms with E-state index in [-0.39, 0.29) is 17.5 Å². The van der Waals surface area contributed by atoms with E-state index in [1.807, 2.05) is 24.3 Å².